The van der Waals surface area contributed by atoms with Crippen LogP contribution in [-0.2, 0) is 19.1 Å². The predicted octanol–water partition coefficient (Wildman–Crippen LogP) is 4.98. The number of alkyl halides is 3. The summed E-state index contributed by atoms with van der Waals surface area (Å²) < 4.78 is 49.4. The van der Waals surface area contributed by atoms with Crippen molar-refractivity contribution in [2.45, 2.75) is 111 Å². The summed E-state index contributed by atoms with van der Waals surface area (Å²) in [6.45, 7) is 14.0. The van der Waals surface area contributed by atoms with Crippen LogP contribution in [0.25, 0.3) is 0 Å². The smallest absolute Gasteiger partial charge is 0.381 e. The maximum atomic E-state index is 13.0. The van der Waals surface area contributed by atoms with Crippen molar-refractivity contribution >= 4 is 28.9 Å². The van der Waals surface area contributed by atoms with Crippen molar-refractivity contribution < 1.29 is 32.2 Å². The quantitative estimate of drug-likeness (QED) is 0.153. The summed E-state index contributed by atoms with van der Waals surface area (Å²) in [6.07, 6.45) is 2.30. The van der Waals surface area contributed by atoms with E-state index >= 15 is 0 Å². The molecule has 0 aromatic carbocycles. The standard InChI is InChI=1S/C16H24F3N5O2.C11H19NO.C6H11NO/c1-8-22-6-10(23-8)11(7-26-15(2,3)16(17,18)19)24-14(25)13(21)12(20)9-4-5-9;1-4-8(2)11(9(3)12)10-5-6-13-7-10;1-5-2-3-6(8)7-4-5/h6,8-9,11,20-23H,4-5,7H2,1-3H3,(H,24,25);10,12H,4-7H2,1-3H3;5H,2-4H2,1H3,(H,7,8). The molecule has 3 fully saturated rings. The van der Waals surface area contributed by atoms with Crippen molar-refractivity contribution in [3.05, 3.63) is 23.0 Å². The second-order valence-corrected chi connectivity index (χ2v) is 13.2. The Bertz CT molecular complexity index is 1200. The van der Waals surface area contributed by atoms with Crippen LogP contribution in [0.3, 0.4) is 0 Å². The summed E-state index contributed by atoms with van der Waals surface area (Å²) in [5.41, 5.74) is 0.861. The largest absolute Gasteiger partial charge is 0.416 e. The average molecular weight is 670 g/mol. The van der Waals surface area contributed by atoms with Gasteiger partial charge in [0.25, 0.3) is 5.91 Å². The molecule has 0 aromatic heterocycles. The van der Waals surface area contributed by atoms with E-state index in [4.69, 9.17) is 25.7 Å². The normalized spacial score (nSPS) is 23.6. The lowest BCUT2D eigenvalue weighted by molar-refractivity contribution is -0.264. The second kappa shape index (κ2) is 17.8. The fourth-order valence-electron chi connectivity index (χ4n) is 5.04. The number of nitrogens with one attached hydrogen (secondary N) is 7. The molecule has 4 rings (SSSR count). The van der Waals surface area contributed by atoms with Gasteiger partial charge in [-0.2, -0.15) is 13.2 Å². The molecule has 4 unspecified atom stereocenters. The summed E-state index contributed by atoms with van der Waals surface area (Å²) in [5.74, 6) is 0.508. The zero-order valence-corrected chi connectivity index (χ0v) is 28.8. The highest BCUT2D eigenvalue weighted by atomic mass is 19.4. The molecular weight excluding hydrogens is 615 g/mol. The van der Waals surface area contributed by atoms with E-state index < -0.39 is 36.0 Å². The van der Waals surface area contributed by atoms with Gasteiger partial charge in [-0.25, -0.2) is 0 Å². The Hall–Kier alpha value is -3.26. The van der Waals surface area contributed by atoms with E-state index in [-0.39, 0.29) is 23.7 Å². The van der Waals surface area contributed by atoms with Crippen LogP contribution >= 0.6 is 0 Å². The van der Waals surface area contributed by atoms with Crippen LogP contribution in [0.1, 0.15) is 87.0 Å². The molecular formula is C33H54F3N7O4. The third-order valence-electron chi connectivity index (χ3n) is 8.57. The van der Waals surface area contributed by atoms with Crippen molar-refractivity contribution in [3.8, 4) is 0 Å². The van der Waals surface area contributed by atoms with E-state index in [1.54, 1.807) is 13.1 Å². The van der Waals surface area contributed by atoms with Crippen LogP contribution < -0.4 is 21.3 Å². The molecule has 0 bridgehead atoms. The fourth-order valence-corrected chi connectivity index (χ4v) is 5.04. The SMILES string of the molecule is CC1CCC(=O)NC1.CC1NC=C(C(COC(C)(C)C(F)(F)F)NC(=O)C(=N)C(=N)C2CC2)N1.CCC(C)=C(C(C)=N)C1CCOC1. The zero-order chi connectivity index (χ0) is 35.5. The van der Waals surface area contributed by atoms with E-state index in [1.807, 2.05) is 6.92 Å². The third-order valence-corrected chi connectivity index (χ3v) is 8.57. The van der Waals surface area contributed by atoms with Gasteiger partial charge < -0.3 is 41.6 Å². The first-order chi connectivity index (χ1) is 21.9. The first-order valence-corrected chi connectivity index (χ1v) is 16.4. The summed E-state index contributed by atoms with van der Waals surface area (Å²) in [7, 11) is 0. The van der Waals surface area contributed by atoms with E-state index in [1.165, 1.54) is 11.1 Å². The lowest BCUT2D eigenvalue weighted by Crippen LogP contribution is -2.50. The van der Waals surface area contributed by atoms with Gasteiger partial charge >= 0.3 is 6.18 Å². The molecule has 4 atom stereocenters. The molecule has 1 aliphatic carbocycles. The van der Waals surface area contributed by atoms with Crippen LogP contribution in [-0.4, -0.2) is 79.3 Å². The number of piperidine rings is 1. The van der Waals surface area contributed by atoms with Crippen molar-refractivity contribution in [3.63, 3.8) is 0 Å². The van der Waals surface area contributed by atoms with Gasteiger partial charge in [0.1, 0.15) is 5.71 Å². The molecule has 2 amide bonds. The third kappa shape index (κ3) is 12.7. The lowest BCUT2D eigenvalue weighted by Gasteiger charge is -2.30. The van der Waals surface area contributed by atoms with Gasteiger partial charge in [-0.15, -0.1) is 0 Å². The number of carbonyl (C=O) groups is 2. The molecule has 1 saturated carbocycles. The Balaban J connectivity index is 0.000000300. The van der Waals surface area contributed by atoms with Crippen molar-refractivity contribution in [1.29, 1.82) is 16.2 Å². The highest BCUT2D eigenvalue weighted by Gasteiger charge is 2.49. The molecule has 11 nitrogen and oxygen atoms in total. The minimum atomic E-state index is -4.56. The Labute approximate surface area is 276 Å². The summed E-state index contributed by atoms with van der Waals surface area (Å²) >= 11 is 0. The van der Waals surface area contributed by atoms with Crippen LogP contribution in [0.2, 0.25) is 0 Å². The maximum absolute atomic E-state index is 13.0. The Kier molecular flexibility index (Phi) is 15.1. The van der Waals surface area contributed by atoms with Gasteiger partial charge in [-0.1, -0.05) is 19.4 Å². The van der Waals surface area contributed by atoms with E-state index in [0.717, 1.165) is 77.8 Å². The highest BCUT2D eigenvalue weighted by Crippen LogP contribution is 2.33. The van der Waals surface area contributed by atoms with Gasteiger partial charge in [-0.05, 0) is 78.2 Å². The number of carbonyl (C=O) groups excluding carboxylic acids is 2. The molecule has 0 radical (unpaired) electrons. The maximum Gasteiger partial charge on any atom is 0.416 e. The molecule has 266 valence electrons. The molecule has 3 heterocycles. The van der Waals surface area contributed by atoms with Crippen LogP contribution in [0, 0.1) is 34.0 Å². The molecule has 4 aliphatic rings. The molecule has 47 heavy (non-hydrogen) atoms. The number of amides is 2. The van der Waals surface area contributed by atoms with Gasteiger partial charge in [0.2, 0.25) is 5.91 Å². The van der Waals surface area contributed by atoms with Gasteiger partial charge in [-0.3, -0.25) is 15.0 Å². The zero-order valence-electron chi connectivity index (χ0n) is 28.8. The molecule has 7 N–H and O–H groups in total. The molecule has 14 heteroatoms. The van der Waals surface area contributed by atoms with Crippen LogP contribution in [0.15, 0.2) is 23.0 Å². The Morgan fingerprint density at radius 1 is 1.11 bits per heavy atom. The van der Waals surface area contributed by atoms with Crippen molar-refractivity contribution in [2.24, 2.45) is 17.8 Å². The van der Waals surface area contributed by atoms with Gasteiger partial charge in [0.15, 0.2) is 5.60 Å². The van der Waals surface area contributed by atoms with Crippen molar-refractivity contribution in [1.82, 2.24) is 21.3 Å². The lowest BCUT2D eigenvalue weighted by atomic mass is 9.90. The number of hydrogen-bond donors (Lipinski definition) is 7. The van der Waals surface area contributed by atoms with E-state index in [9.17, 15) is 22.8 Å². The molecule has 2 saturated heterocycles. The van der Waals surface area contributed by atoms with Crippen LogP contribution in [0.4, 0.5) is 13.2 Å². The highest BCUT2D eigenvalue weighted by molar-refractivity contribution is 6.65. The fraction of sp³-hybridized carbons (Fsp3) is 0.727. The van der Waals surface area contributed by atoms with Crippen molar-refractivity contribution in [2.75, 3.05) is 26.4 Å². The van der Waals surface area contributed by atoms with Crippen LogP contribution in [0.5, 0.6) is 0 Å². The summed E-state index contributed by atoms with van der Waals surface area (Å²) in [4.78, 5) is 22.8. The Morgan fingerprint density at radius 3 is 2.19 bits per heavy atom. The minimum Gasteiger partial charge on any atom is -0.381 e. The average Bonchev–Trinajstić information content (AvgIpc) is 3.55. The first-order valence-electron chi connectivity index (χ1n) is 16.4. The summed E-state index contributed by atoms with van der Waals surface area (Å²) in [5, 5.41) is 34.6. The molecule has 0 spiro atoms. The minimum absolute atomic E-state index is 0.0438. The second-order valence-electron chi connectivity index (χ2n) is 13.2. The molecule has 3 aliphatic heterocycles. The summed E-state index contributed by atoms with van der Waals surface area (Å²) in [6, 6.07) is -0.908. The topological polar surface area (TPSA) is 172 Å². The predicted molar refractivity (Wildman–Crippen MR) is 177 cm³/mol. The first kappa shape index (κ1) is 39.9. The number of halogens is 3. The molecule has 0 aromatic rings. The van der Waals surface area contributed by atoms with Gasteiger partial charge in [0.05, 0.1) is 36.8 Å². The van der Waals surface area contributed by atoms with Gasteiger partial charge in [0, 0.05) is 43.3 Å². The monoisotopic (exact) mass is 669 g/mol. The number of hydrogen-bond acceptors (Lipinski definition) is 9. The van der Waals surface area contributed by atoms with E-state index in [2.05, 4.69) is 42.0 Å². The number of allylic oxidation sites excluding steroid dienone is 1. The Morgan fingerprint density at radius 2 is 1.77 bits per heavy atom. The van der Waals surface area contributed by atoms with E-state index in [0.29, 0.717) is 17.5 Å². The number of ether oxygens (including phenoxy) is 2. The number of rotatable bonds is 11.